The first-order chi connectivity index (χ1) is 11.3. The molecule has 24 heavy (non-hydrogen) atoms. The molecule has 1 rings (SSSR count). The van der Waals surface area contributed by atoms with Crippen molar-refractivity contribution in [3.8, 4) is 0 Å². The van der Waals surface area contributed by atoms with Gasteiger partial charge in [0.15, 0.2) is 0 Å². The Morgan fingerprint density at radius 1 is 1.17 bits per heavy atom. The number of amides is 2. The van der Waals surface area contributed by atoms with E-state index in [0.717, 1.165) is 18.5 Å². The van der Waals surface area contributed by atoms with Gasteiger partial charge in [-0.05, 0) is 32.6 Å². The maximum Gasteiger partial charge on any atom is 0.274 e. The number of carbonyl (C=O) groups excluding carboxylic acids is 2. The van der Waals surface area contributed by atoms with Crippen molar-refractivity contribution in [2.24, 2.45) is 5.92 Å². The molecule has 0 unspecified atom stereocenters. The molecule has 1 N–H and O–H groups in total. The van der Waals surface area contributed by atoms with Crippen LogP contribution in [0.3, 0.4) is 0 Å². The van der Waals surface area contributed by atoms with Crippen LogP contribution in [0.4, 0.5) is 0 Å². The van der Waals surface area contributed by atoms with Crippen molar-refractivity contribution < 1.29 is 9.59 Å². The number of hydrogen-bond acceptors (Lipinski definition) is 4. The summed E-state index contributed by atoms with van der Waals surface area (Å²) in [4.78, 5) is 34.6. The molecule has 0 saturated heterocycles. The van der Waals surface area contributed by atoms with Gasteiger partial charge in [0.1, 0.15) is 5.69 Å². The van der Waals surface area contributed by atoms with E-state index in [1.54, 1.807) is 11.1 Å². The fraction of sp³-hybridized carbons (Fsp3) is 0.667. The van der Waals surface area contributed by atoms with Gasteiger partial charge in [0.05, 0.1) is 11.9 Å². The highest BCUT2D eigenvalue weighted by Gasteiger charge is 2.19. The summed E-state index contributed by atoms with van der Waals surface area (Å²) in [6.45, 7) is 11.1. The quantitative estimate of drug-likeness (QED) is 0.753. The van der Waals surface area contributed by atoms with Crippen LogP contribution >= 0.6 is 0 Å². The van der Waals surface area contributed by atoms with E-state index in [0.29, 0.717) is 31.1 Å². The van der Waals surface area contributed by atoms with Gasteiger partial charge in [-0.15, -0.1) is 0 Å². The number of aromatic nitrogens is 2. The van der Waals surface area contributed by atoms with Crippen molar-refractivity contribution in [3.63, 3.8) is 0 Å². The summed E-state index contributed by atoms with van der Waals surface area (Å²) in [6, 6.07) is 0.153. The maximum absolute atomic E-state index is 12.7. The highest BCUT2D eigenvalue weighted by atomic mass is 16.2. The third kappa shape index (κ3) is 7.06. The first-order valence-corrected chi connectivity index (χ1v) is 8.70. The fourth-order valence-corrected chi connectivity index (χ4v) is 2.08. The van der Waals surface area contributed by atoms with Gasteiger partial charge in [-0.1, -0.05) is 20.8 Å². The lowest BCUT2D eigenvalue weighted by atomic mass is 10.1. The van der Waals surface area contributed by atoms with E-state index >= 15 is 0 Å². The Hall–Kier alpha value is -1.98. The predicted molar refractivity (Wildman–Crippen MR) is 94.6 cm³/mol. The summed E-state index contributed by atoms with van der Waals surface area (Å²) in [5, 5.41) is 2.93. The standard InChI is InChI=1S/C18H30N4O2/c1-6-14(4)21-17(23)8-10-22(9-7-13(2)3)18(24)16-12-19-15(5)11-20-16/h11-14H,6-10H2,1-5H3,(H,21,23)/t14-/m1/s1. The van der Waals surface area contributed by atoms with E-state index in [2.05, 4.69) is 29.1 Å². The van der Waals surface area contributed by atoms with Crippen LogP contribution in [0, 0.1) is 12.8 Å². The van der Waals surface area contributed by atoms with Gasteiger partial charge in [0.25, 0.3) is 5.91 Å². The summed E-state index contributed by atoms with van der Waals surface area (Å²) < 4.78 is 0. The Balaban J connectivity index is 2.70. The molecule has 2 amide bonds. The SMILES string of the molecule is CC[C@@H](C)NC(=O)CCN(CCC(C)C)C(=O)c1cnc(C)cn1. The van der Waals surface area contributed by atoms with E-state index in [-0.39, 0.29) is 17.9 Å². The highest BCUT2D eigenvalue weighted by Crippen LogP contribution is 2.08. The molecule has 0 radical (unpaired) electrons. The number of rotatable bonds is 9. The molecule has 0 saturated carbocycles. The molecule has 1 aromatic heterocycles. The Kier molecular flexibility index (Phi) is 8.36. The summed E-state index contributed by atoms with van der Waals surface area (Å²) in [5.41, 5.74) is 1.10. The van der Waals surface area contributed by atoms with Crippen LogP contribution in [-0.2, 0) is 4.79 Å². The van der Waals surface area contributed by atoms with E-state index in [1.807, 2.05) is 20.8 Å². The number of nitrogens with one attached hydrogen (secondary N) is 1. The zero-order valence-electron chi connectivity index (χ0n) is 15.5. The fourth-order valence-electron chi connectivity index (χ4n) is 2.08. The zero-order valence-corrected chi connectivity index (χ0v) is 15.5. The minimum Gasteiger partial charge on any atom is -0.354 e. The molecule has 0 aliphatic heterocycles. The second kappa shape index (κ2) is 10.0. The largest absolute Gasteiger partial charge is 0.354 e. The van der Waals surface area contributed by atoms with Crippen LogP contribution in [0.25, 0.3) is 0 Å². The van der Waals surface area contributed by atoms with Crippen LogP contribution < -0.4 is 5.32 Å². The van der Waals surface area contributed by atoms with Gasteiger partial charge in [0.2, 0.25) is 5.91 Å². The second-order valence-electron chi connectivity index (χ2n) is 6.64. The Labute approximate surface area is 145 Å². The first kappa shape index (κ1) is 20.1. The minimum atomic E-state index is -0.167. The summed E-state index contributed by atoms with van der Waals surface area (Å²) in [5.74, 6) is 0.291. The van der Waals surface area contributed by atoms with Gasteiger partial charge in [0, 0.05) is 31.7 Å². The molecule has 1 heterocycles. The zero-order chi connectivity index (χ0) is 18.1. The van der Waals surface area contributed by atoms with Gasteiger partial charge in [-0.2, -0.15) is 0 Å². The lowest BCUT2D eigenvalue weighted by molar-refractivity contribution is -0.121. The molecule has 6 nitrogen and oxygen atoms in total. The van der Waals surface area contributed by atoms with Crippen molar-refractivity contribution in [3.05, 3.63) is 23.8 Å². The lowest BCUT2D eigenvalue weighted by Gasteiger charge is -2.23. The smallest absolute Gasteiger partial charge is 0.274 e. The van der Waals surface area contributed by atoms with Crippen molar-refractivity contribution in [2.45, 2.75) is 59.9 Å². The van der Waals surface area contributed by atoms with E-state index < -0.39 is 0 Å². The first-order valence-electron chi connectivity index (χ1n) is 8.70. The predicted octanol–water partition coefficient (Wildman–Crippen LogP) is 2.58. The molecular formula is C18H30N4O2. The van der Waals surface area contributed by atoms with Gasteiger partial charge >= 0.3 is 0 Å². The maximum atomic E-state index is 12.7. The normalized spacial score (nSPS) is 12.1. The monoisotopic (exact) mass is 334 g/mol. The van der Waals surface area contributed by atoms with Crippen LogP contribution in [0.5, 0.6) is 0 Å². The Morgan fingerprint density at radius 2 is 1.88 bits per heavy atom. The summed E-state index contributed by atoms with van der Waals surface area (Å²) in [7, 11) is 0. The third-order valence-corrected chi connectivity index (χ3v) is 3.89. The molecule has 0 bridgehead atoms. The van der Waals surface area contributed by atoms with Crippen LogP contribution in [0.1, 0.15) is 63.1 Å². The summed E-state index contributed by atoms with van der Waals surface area (Å²) in [6.07, 6.45) is 5.16. The van der Waals surface area contributed by atoms with E-state index in [4.69, 9.17) is 0 Å². The number of carbonyl (C=O) groups is 2. The summed E-state index contributed by atoms with van der Waals surface area (Å²) >= 11 is 0. The molecule has 6 heteroatoms. The van der Waals surface area contributed by atoms with Crippen molar-refractivity contribution in [2.75, 3.05) is 13.1 Å². The van der Waals surface area contributed by atoms with Crippen molar-refractivity contribution >= 4 is 11.8 Å². The lowest BCUT2D eigenvalue weighted by Crippen LogP contribution is -2.38. The molecule has 134 valence electrons. The van der Waals surface area contributed by atoms with Crippen LogP contribution in [-0.4, -0.2) is 45.8 Å². The molecule has 0 aromatic carbocycles. The molecule has 0 fully saturated rings. The number of aryl methyl sites for hydroxylation is 1. The van der Waals surface area contributed by atoms with Gasteiger partial charge in [-0.25, -0.2) is 4.98 Å². The topological polar surface area (TPSA) is 75.2 Å². The van der Waals surface area contributed by atoms with Crippen molar-refractivity contribution in [1.82, 2.24) is 20.2 Å². The van der Waals surface area contributed by atoms with Gasteiger partial charge < -0.3 is 10.2 Å². The average Bonchev–Trinajstić information content (AvgIpc) is 2.54. The molecule has 0 aliphatic carbocycles. The molecular weight excluding hydrogens is 304 g/mol. The van der Waals surface area contributed by atoms with Crippen molar-refractivity contribution in [1.29, 1.82) is 0 Å². The number of hydrogen-bond donors (Lipinski definition) is 1. The average molecular weight is 334 g/mol. The molecule has 0 aliphatic rings. The van der Waals surface area contributed by atoms with Gasteiger partial charge in [-0.3, -0.25) is 14.6 Å². The second-order valence-corrected chi connectivity index (χ2v) is 6.64. The van der Waals surface area contributed by atoms with Crippen LogP contribution in [0.15, 0.2) is 12.4 Å². The molecule has 1 atom stereocenters. The third-order valence-electron chi connectivity index (χ3n) is 3.89. The van der Waals surface area contributed by atoms with Crippen LogP contribution in [0.2, 0.25) is 0 Å². The van der Waals surface area contributed by atoms with E-state index in [9.17, 15) is 9.59 Å². The Bertz CT molecular complexity index is 528. The molecule has 1 aromatic rings. The van der Waals surface area contributed by atoms with E-state index in [1.165, 1.54) is 6.20 Å². The highest BCUT2D eigenvalue weighted by molar-refractivity contribution is 5.92. The Morgan fingerprint density at radius 3 is 2.42 bits per heavy atom. The minimum absolute atomic E-state index is 0.0262. The molecule has 0 spiro atoms. The number of nitrogens with zero attached hydrogens (tertiary/aromatic N) is 3.